The van der Waals surface area contributed by atoms with Crippen LogP contribution in [0, 0.1) is 5.82 Å². The largest absolute Gasteiger partial charge is 0.348 e. The Hall–Kier alpha value is -2.69. The van der Waals surface area contributed by atoms with E-state index in [0.717, 1.165) is 5.56 Å². The number of carbonyl (C=O) groups excluding carboxylic acids is 2. The number of hydrogen-bond acceptors (Lipinski definition) is 2. The molecule has 0 radical (unpaired) electrons. The maximum absolute atomic E-state index is 13.1. The second-order valence-corrected chi connectivity index (χ2v) is 4.91. The van der Waals surface area contributed by atoms with Crippen molar-refractivity contribution in [3.8, 4) is 0 Å². The van der Waals surface area contributed by atoms with E-state index in [1.807, 2.05) is 6.07 Å². The van der Waals surface area contributed by atoms with Crippen LogP contribution in [-0.4, -0.2) is 11.8 Å². The van der Waals surface area contributed by atoms with Crippen molar-refractivity contribution in [2.24, 2.45) is 0 Å². The molecular formula is C16H13FN2O2. The Morgan fingerprint density at radius 2 is 2.10 bits per heavy atom. The van der Waals surface area contributed by atoms with Gasteiger partial charge in [-0.1, -0.05) is 18.2 Å². The van der Waals surface area contributed by atoms with Gasteiger partial charge in [-0.15, -0.1) is 0 Å². The van der Waals surface area contributed by atoms with Gasteiger partial charge in [0, 0.05) is 17.8 Å². The van der Waals surface area contributed by atoms with Crippen LogP contribution in [0.25, 0.3) is 0 Å². The lowest BCUT2D eigenvalue weighted by atomic mass is 10.1. The molecular weight excluding hydrogens is 271 g/mol. The minimum Gasteiger partial charge on any atom is -0.348 e. The van der Waals surface area contributed by atoms with Crippen molar-refractivity contribution in [1.82, 2.24) is 5.32 Å². The van der Waals surface area contributed by atoms with Crippen molar-refractivity contribution >= 4 is 17.5 Å². The number of carbonyl (C=O) groups is 2. The summed E-state index contributed by atoms with van der Waals surface area (Å²) in [5, 5.41) is 5.44. The predicted molar refractivity (Wildman–Crippen MR) is 76.3 cm³/mol. The van der Waals surface area contributed by atoms with Crippen LogP contribution in [0.4, 0.5) is 10.1 Å². The summed E-state index contributed by atoms with van der Waals surface area (Å²) >= 11 is 0. The van der Waals surface area contributed by atoms with Crippen LogP contribution in [-0.2, 0) is 17.8 Å². The maximum Gasteiger partial charge on any atom is 0.251 e. The highest BCUT2D eigenvalue weighted by Gasteiger charge is 2.19. The van der Waals surface area contributed by atoms with Crippen LogP contribution >= 0.6 is 0 Å². The topological polar surface area (TPSA) is 58.2 Å². The van der Waals surface area contributed by atoms with E-state index in [0.29, 0.717) is 23.4 Å². The molecule has 2 amide bonds. The first kappa shape index (κ1) is 13.3. The molecule has 0 aromatic heterocycles. The molecule has 5 heteroatoms. The summed E-state index contributed by atoms with van der Waals surface area (Å²) in [6.45, 7) is 0.520. The normalized spacial score (nSPS) is 12.7. The highest BCUT2D eigenvalue weighted by molar-refractivity contribution is 6.00. The van der Waals surface area contributed by atoms with E-state index in [1.54, 1.807) is 24.3 Å². The van der Waals surface area contributed by atoms with Crippen molar-refractivity contribution in [2.75, 3.05) is 5.32 Å². The van der Waals surface area contributed by atoms with Gasteiger partial charge in [-0.2, -0.15) is 0 Å². The average molecular weight is 284 g/mol. The highest BCUT2D eigenvalue weighted by atomic mass is 19.1. The van der Waals surface area contributed by atoms with Crippen LogP contribution in [0.15, 0.2) is 42.5 Å². The Bertz CT molecular complexity index is 728. The molecule has 4 nitrogen and oxygen atoms in total. The smallest absolute Gasteiger partial charge is 0.251 e. The number of benzene rings is 2. The van der Waals surface area contributed by atoms with Crippen molar-refractivity contribution < 1.29 is 14.0 Å². The number of hydrogen-bond donors (Lipinski definition) is 2. The summed E-state index contributed by atoms with van der Waals surface area (Å²) < 4.78 is 13.1. The van der Waals surface area contributed by atoms with Crippen molar-refractivity contribution in [2.45, 2.75) is 13.0 Å². The summed E-state index contributed by atoms with van der Waals surface area (Å²) in [5.74, 6) is -0.750. The van der Waals surface area contributed by atoms with Crippen LogP contribution in [0.2, 0.25) is 0 Å². The number of fused-ring (bicyclic) bond motifs is 1. The Morgan fingerprint density at radius 1 is 1.24 bits per heavy atom. The van der Waals surface area contributed by atoms with Crippen LogP contribution in [0.1, 0.15) is 21.5 Å². The third-order valence-electron chi connectivity index (χ3n) is 3.33. The third kappa shape index (κ3) is 2.91. The fourth-order valence-corrected chi connectivity index (χ4v) is 2.33. The van der Waals surface area contributed by atoms with E-state index >= 15 is 0 Å². The number of rotatable bonds is 3. The average Bonchev–Trinajstić information content (AvgIpc) is 2.80. The third-order valence-corrected chi connectivity index (χ3v) is 3.33. The number of halogens is 1. The van der Waals surface area contributed by atoms with Crippen LogP contribution in [0.3, 0.4) is 0 Å². The molecule has 2 aromatic carbocycles. The zero-order valence-electron chi connectivity index (χ0n) is 11.2. The molecule has 0 saturated heterocycles. The summed E-state index contributed by atoms with van der Waals surface area (Å²) in [6, 6.07) is 11.1. The van der Waals surface area contributed by atoms with Crippen molar-refractivity contribution in [1.29, 1.82) is 0 Å². The van der Waals surface area contributed by atoms with E-state index in [1.165, 1.54) is 12.1 Å². The zero-order chi connectivity index (χ0) is 14.8. The monoisotopic (exact) mass is 284 g/mol. The fraction of sp³-hybridized carbons (Fsp3) is 0.125. The second-order valence-electron chi connectivity index (χ2n) is 4.91. The summed E-state index contributed by atoms with van der Waals surface area (Å²) in [7, 11) is 0. The Kier molecular flexibility index (Phi) is 3.39. The molecule has 0 saturated carbocycles. The second kappa shape index (κ2) is 5.36. The minimum atomic E-state index is -0.366. The van der Waals surface area contributed by atoms with Gasteiger partial charge in [-0.25, -0.2) is 4.39 Å². The first-order valence-electron chi connectivity index (χ1n) is 6.57. The van der Waals surface area contributed by atoms with Crippen molar-refractivity contribution in [3.63, 3.8) is 0 Å². The van der Waals surface area contributed by atoms with Crippen LogP contribution < -0.4 is 10.6 Å². The molecule has 21 heavy (non-hydrogen) atoms. The van der Waals surface area contributed by atoms with Gasteiger partial charge in [0.2, 0.25) is 5.91 Å². The molecule has 0 aliphatic carbocycles. The molecule has 0 spiro atoms. The Morgan fingerprint density at radius 3 is 2.90 bits per heavy atom. The maximum atomic E-state index is 13.1. The molecule has 0 atom stereocenters. The van der Waals surface area contributed by atoms with E-state index < -0.39 is 0 Å². The Balaban J connectivity index is 1.71. The van der Waals surface area contributed by atoms with E-state index in [9.17, 15) is 14.0 Å². The van der Waals surface area contributed by atoms with Gasteiger partial charge < -0.3 is 10.6 Å². The molecule has 106 valence electrons. The lowest BCUT2D eigenvalue weighted by Crippen LogP contribution is -2.15. The molecule has 0 fully saturated rings. The van der Waals surface area contributed by atoms with Gasteiger partial charge in [0.05, 0.1) is 6.42 Å². The molecule has 3 rings (SSSR count). The number of anilines is 1. The van der Waals surface area contributed by atoms with Gasteiger partial charge >= 0.3 is 0 Å². The molecule has 2 N–H and O–H groups in total. The fourth-order valence-electron chi connectivity index (χ4n) is 2.33. The molecule has 1 heterocycles. The van der Waals surface area contributed by atoms with Gasteiger partial charge in [0.25, 0.3) is 5.91 Å². The van der Waals surface area contributed by atoms with E-state index in [2.05, 4.69) is 10.6 Å². The number of amides is 2. The van der Waals surface area contributed by atoms with Gasteiger partial charge in [-0.05, 0) is 35.4 Å². The molecule has 1 aliphatic rings. The molecule has 2 aromatic rings. The highest BCUT2D eigenvalue weighted by Crippen LogP contribution is 2.20. The lowest BCUT2D eigenvalue weighted by Gasteiger charge is -2.07. The quantitative estimate of drug-likeness (QED) is 0.908. The van der Waals surface area contributed by atoms with Gasteiger partial charge in [-0.3, -0.25) is 9.59 Å². The SMILES string of the molecule is O=C(Cc1cccc(F)c1)Nc1ccc2c(c1)C(=O)NC2. The zero-order valence-corrected chi connectivity index (χ0v) is 11.2. The van der Waals surface area contributed by atoms with Gasteiger partial charge in [0.1, 0.15) is 5.82 Å². The summed E-state index contributed by atoms with van der Waals surface area (Å²) in [5.41, 5.74) is 2.67. The lowest BCUT2D eigenvalue weighted by molar-refractivity contribution is -0.115. The molecule has 1 aliphatic heterocycles. The molecule has 0 unspecified atom stereocenters. The Labute approximate surface area is 121 Å². The first-order valence-corrected chi connectivity index (χ1v) is 6.57. The molecule has 0 bridgehead atoms. The first-order chi connectivity index (χ1) is 10.1. The summed E-state index contributed by atoms with van der Waals surface area (Å²) in [4.78, 5) is 23.5. The minimum absolute atomic E-state index is 0.0844. The van der Waals surface area contributed by atoms with Crippen molar-refractivity contribution in [3.05, 3.63) is 65.0 Å². The summed E-state index contributed by atoms with van der Waals surface area (Å²) in [6.07, 6.45) is 0.0844. The van der Waals surface area contributed by atoms with E-state index in [4.69, 9.17) is 0 Å². The number of nitrogens with one attached hydrogen (secondary N) is 2. The standard InChI is InChI=1S/C16H13FN2O2/c17-12-3-1-2-10(6-12)7-15(20)19-13-5-4-11-9-18-16(21)14(11)8-13/h1-6,8H,7,9H2,(H,18,21)(H,19,20). The van der Waals surface area contributed by atoms with Gasteiger partial charge in [0.15, 0.2) is 0 Å². The predicted octanol–water partition coefficient (Wildman–Crippen LogP) is 2.25. The van der Waals surface area contributed by atoms with E-state index in [-0.39, 0.29) is 24.1 Å². The van der Waals surface area contributed by atoms with Crippen LogP contribution in [0.5, 0.6) is 0 Å².